The fraction of sp³-hybridized carbons (Fsp3) is 0.923. The van der Waals surface area contributed by atoms with Crippen LogP contribution >= 0.6 is 0 Å². The van der Waals surface area contributed by atoms with E-state index >= 15 is 0 Å². The van der Waals surface area contributed by atoms with Crippen molar-refractivity contribution in [2.24, 2.45) is 23.3 Å². The van der Waals surface area contributed by atoms with E-state index in [9.17, 15) is 4.79 Å². The number of rotatable bonds is 3. The third-order valence-electron chi connectivity index (χ3n) is 4.38. The highest BCUT2D eigenvalue weighted by Crippen LogP contribution is 2.27. The molecule has 2 saturated carbocycles. The summed E-state index contributed by atoms with van der Waals surface area (Å²) in [5, 5.41) is 3.21. The number of nitrogens with one attached hydrogen (secondary N) is 1. The van der Waals surface area contributed by atoms with Crippen LogP contribution in [-0.4, -0.2) is 24.5 Å². The fourth-order valence-electron chi connectivity index (χ4n) is 3.23. The van der Waals surface area contributed by atoms with Crippen LogP contribution in [0.3, 0.4) is 0 Å². The Morgan fingerprint density at radius 2 is 1.94 bits per heavy atom. The molecule has 0 aliphatic heterocycles. The lowest BCUT2D eigenvalue weighted by Gasteiger charge is -2.32. The standard InChI is InChI=1S/C13H25N3O/c14-8-10-3-1-2-4-12(10)16-13(17)9-5-6-11(15)7-9/h9-12H,1-8,14-15H2,(H,16,17). The Hall–Kier alpha value is -0.610. The molecule has 4 atom stereocenters. The first-order chi connectivity index (χ1) is 8.20. The summed E-state index contributed by atoms with van der Waals surface area (Å²) in [6.07, 6.45) is 7.51. The first-order valence-electron chi connectivity index (χ1n) is 6.96. The molecule has 0 saturated heterocycles. The summed E-state index contributed by atoms with van der Waals surface area (Å²) in [6.45, 7) is 0.690. The zero-order valence-corrected chi connectivity index (χ0v) is 10.5. The number of carbonyl (C=O) groups excluding carboxylic acids is 1. The van der Waals surface area contributed by atoms with Crippen molar-refractivity contribution in [2.75, 3.05) is 6.54 Å². The molecule has 98 valence electrons. The second-order valence-electron chi connectivity index (χ2n) is 5.67. The van der Waals surface area contributed by atoms with E-state index in [0.717, 1.165) is 32.1 Å². The monoisotopic (exact) mass is 239 g/mol. The molecule has 2 fully saturated rings. The van der Waals surface area contributed by atoms with E-state index in [-0.39, 0.29) is 17.9 Å². The third kappa shape index (κ3) is 3.19. The van der Waals surface area contributed by atoms with Crippen molar-refractivity contribution in [3.63, 3.8) is 0 Å². The molecule has 2 aliphatic rings. The fourth-order valence-corrected chi connectivity index (χ4v) is 3.23. The Balaban J connectivity index is 1.84. The molecular weight excluding hydrogens is 214 g/mol. The van der Waals surface area contributed by atoms with E-state index < -0.39 is 0 Å². The van der Waals surface area contributed by atoms with Gasteiger partial charge in [-0.25, -0.2) is 0 Å². The molecule has 0 heterocycles. The Labute approximate surface area is 103 Å². The lowest BCUT2D eigenvalue weighted by molar-refractivity contribution is -0.126. The second kappa shape index (κ2) is 5.83. The summed E-state index contributed by atoms with van der Waals surface area (Å²) in [5.41, 5.74) is 11.6. The highest BCUT2D eigenvalue weighted by atomic mass is 16.1. The summed E-state index contributed by atoms with van der Waals surface area (Å²) in [5.74, 6) is 0.830. The Bertz CT molecular complexity index is 269. The minimum atomic E-state index is 0.144. The number of amides is 1. The summed E-state index contributed by atoms with van der Waals surface area (Å²) < 4.78 is 0. The van der Waals surface area contributed by atoms with Gasteiger partial charge in [0.2, 0.25) is 5.91 Å². The number of nitrogens with two attached hydrogens (primary N) is 2. The van der Waals surface area contributed by atoms with Gasteiger partial charge in [0.15, 0.2) is 0 Å². The van der Waals surface area contributed by atoms with Gasteiger partial charge in [-0.05, 0) is 44.6 Å². The van der Waals surface area contributed by atoms with Gasteiger partial charge in [0.25, 0.3) is 0 Å². The van der Waals surface area contributed by atoms with Gasteiger partial charge in [0.05, 0.1) is 0 Å². The van der Waals surface area contributed by atoms with Crippen LogP contribution in [0.1, 0.15) is 44.9 Å². The summed E-state index contributed by atoms with van der Waals surface area (Å²) in [7, 11) is 0. The van der Waals surface area contributed by atoms with Gasteiger partial charge in [-0.2, -0.15) is 0 Å². The van der Waals surface area contributed by atoms with E-state index in [1.165, 1.54) is 12.8 Å². The zero-order valence-electron chi connectivity index (χ0n) is 10.5. The van der Waals surface area contributed by atoms with Crippen molar-refractivity contribution in [1.29, 1.82) is 0 Å². The molecule has 1 amide bonds. The highest BCUT2D eigenvalue weighted by molar-refractivity contribution is 5.79. The smallest absolute Gasteiger partial charge is 0.223 e. The van der Waals surface area contributed by atoms with Gasteiger partial charge in [-0.3, -0.25) is 4.79 Å². The summed E-state index contributed by atoms with van der Waals surface area (Å²) in [6, 6.07) is 0.528. The van der Waals surface area contributed by atoms with Gasteiger partial charge in [-0.15, -0.1) is 0 Å². The predicted octanol–water partition coefficient (Wildman–Crippen LogP) is 0.748. The maximum absolute atomic E-state index is 12.1. The molecule has 0 aromatic heterocycles. The van der Waals surface area contributed by atoms with Crippen molar-refractivity contribution >= 4 is 5.91 Å². The van der Waals surface area contributed by atoms with Crippen molar-refractivity contribution in [3.8, 4) is 0 Å². The number of hydrogen-bond acceptors (Lipinski definition) is 3. The van der Waals surface area contributed by atoms with Gasteiger partial charge >= 0.3 is 0 Å². The van der Waals surface area contributed by atoms with Gasteiger partial charge in [-0.1, -0.05) is 12.8 Å². The second-order valence-corrected chi connectivity index (χ2v) is 5.67. The van der Waals surface area contributed by atoms with Crippen LogP contribution in [0.5, 0.6) is 0 Å². The molecule has 2 aliphatic carbocycles. The van der Waals surface area contributed by atoms with Crippen molar-refractivity contribution in [3.05, 3.63) is 0 Å². The van der Waals surface area contributed by atoms with Crippen LogP contribution in [0.2, 0.25) is 0 Å². The normalized spacial score (nSPS) is 38.0. The van der Waals surface area contributed by atoms with Crippen LogP contribution in [0.4, 0.5) is 0 Å². The summed E-state index contributed by atoms with van der Waals surface area (Å²) >= 11 is 0. The molecule has 2 rings (SSSR count). The minimum Gasteiger partial charge on any atom is -0.353 e. The van der Waals surface area contributed by atoms with Crippen LogP contribution in [-0.2, 0) is 4.79 Å². The van der Waals surface area contributed by atoms with E-state index in [0.29, 0.717) is 18.5 Å². The van der Waals surface area contributed by atoms with E-state index in [1.807, 2.05) is 0 Å². The van der Waals surface area contributed by atoms with Crippen molar-refractivity contribution in [1.82, 2.24) is 5.32 Å². The van der Waals surface area contributed by atoms with Crippen LogP contribution < -0.4 is 16.8 Å². The molecule has 0 spiro atoms. The minimum absolute atomic E-state index is 0.144. The first-order valence-corrected chi connectivity index (χ1v) is 6.96. The average molecular weight is 239 g/mol. The quantitative estimate of drug-likeness (QED) is 0.679. The molecule has 17 heavy (non-hydrogen) atoms. The molecule has 0 aromatic carbocycles. The first kappa shape index (κ1) is 12.8. The van der Waals surface area contributed by atoms with Crippen molar-refractivity contribution < 1.29 is 4.79 Å². The lowest BCUT2D eigenvalue weighted by atomic mass is 9.84. The van der Waals surface area contributed by atoms with E-state index in [1.54, 1.807) is 0 Å². The maximum atomic E-state index is 12.1. The van der Waals surface area contributed by atoms with Gasteiger partial charge in [0.1, 0.15) is 0 Å². The maximum Gasteiger partial charge on any atom is 0.223 e. The van der Waals surface area contributed by atoms with E-state index in [4.69, 9.17) is 11.5 Å². The Kier molecular flexibility index (Phi) is 4.40. The van der Waals surface area contributed by atoms with Gasteiger partial charge in [0, 0.05) is 18.0 Å². The van der Waals surface area contributed by atoms with E-state index in [2.05, 4.69) is 5.32 Å². The zero-order chi connectivity index (χ0) is 12.3. The predicted molar refractivity (Wildman–Crippen MR) is 68.3 cm³/mol. The molecule has 0 radical (unpaired) electrons. The van der Waals surface area contributed by atoms with Crippen LogP contribution in [0.15, 0.2) is 0 Å². The molecule has 0 bridgehead atoms. The largest absolute Gasteiger partial charge is 0.353 e. The van der Waals surface area contributed by atoms with Crippen molar-refractivity contribution in [2.45, 2.75) is 57.0 Å². The lowest BCUT2D eigenvalue weighted by Crippen LogP contribution is -2.46. The molecule has 4 heteroatoms. The third-order valence-corrected chi connectivity index (χ3v) is 4.38. The molecule has 4 unspecified atom stereocenters. The summed E-state index contributed by atoms with van der Waals surface area (Å²) in [4.78, 5) is 12.1. The molecule has 4 nitrogen and oxygen atoms in total. The molecular formula is C13H25N3O. The number of carbonyl (C=O) groups is 1. The van der Waals surface area contributed by atoms with Crippen LogP contribution in [0.25, 0.3) is 0 Å². The Morgan fingerprint density at radius 3 is 2.59 bits per heavy atom. The highest BCUT2D eigenvalue weighted by Gasteiger charge is 2.31. The number of hydrogen-bond donors (Lipinski definition) is 3. The van der Waals surface area contributed by atoms with Crippen LogP contribution in [0, 0.1) is 11.8 Å². The topological polar surface area (TPSA) is 81.1 Å². The molecule has 0 aromatic rings. The molecule has 5 N–H and O–H groups in total. The Morgan fingerprint density at radius 1 is 1.18 bits per heavy atom. The SMILES string of the molecule is NCC1CCCCC1NC(=O)C1CCC(N)C1. The van der Waals surface area contributed by atoms with Gasteiger partial charge < -0.3 is 16.8 Å². The average Bonchev–Trinajstić information content (AvgIpc) is 2.77.